The van der Waals surface area contributed by atoms with E-state index < -0.39 is 5.60 Å². The van der Waals surface area contributed by atoms with Crippen LogP contribution in [0.25, 0.3) is 0 Å². The first-order chi connectivity index (χ1) is 8.60. The van der Waals surface area contributed by atoms with Crippen molar-refractivity contribution in [1.82, 2.24) is 5.32 Å². The van der Waals surface area contributed by atoms with Crippen LogP contribution < -0.4 is 5.32 Å². The Kier molecular flexibility index (Phi) is 4.63. The van der Waals surface area contributed by atoms with Gasteiger partial charge in [0.05, 0.1) is 11.7 Å². The van der Waals surface area contributed by atoms with Crippen LogP contribution >= 0.6 is 11.8 Å². The normalized spacial score (nSPS) is 38.7. The van der Waals surface area contributed by atoms with Crippen molar-refractivity contribution in [2.75, 3.05) is 25.2 Å². The summed E-state index contributed by atoms with van der Waals surface area (Å²) in [7, 11) is 1.82. The zero-order valence-corrected chi connectivity index (χ0v) is 12.7. The SMILES string of the molecule is CCC1(CC)[C@H](NC[C@@]2(O)CCSC2)C[C@H]1OC. The van der Waals surface area contributed by atoms with E-state index in [0.717, 1.165) is 43.7 Å². The molecule has 1 aliphatic heterocycles. The summed E-state index contributed by atoms with van der Waals surface area (Å²) in [5.74, 6) is 1.97. The predicted octanol–water partition coefficient (Wildman–Crippen LogP) is 2.04. The summed E-state index contributed by atoms with van der Waals surface area (Å²) >= 11 is 1.86. The Hall–Kier alpha value is 0.230. The molecule has 2 N–H and O–H groups in total. The van der Waals surface area contributed by atoms with E-state index in [2.05, 4.69) is 19.2 Å². The van der Waals surface area contributed by atoms with E-state index in [9.17, 15) is 5.11 Å². The number of hydrogen-bond acceptors (Lipinski definition) is 4. The number of nitrogens with one attached hydrogen (secondary N) is 1. The van der Waals surface area contributed by atoms with Crippen LogP contribution in [0.1, 0.15) is 39.5 Å². The van der Waals surface area contributed by atoms with E-state index >= 15 is 0 Å². The molecule has 0 aromatic heterocycles. The molecule has 3 nitrogen and oxygen atoms in total. The molecule has 1 saturated carbocycles. The molecule has 0 aromatic rings. The third kappa shape index (κ3) is 2.45. The molecule has 2 aliphatic rings. The summed E-state index contributed by atoms with van der Waals surface area (Å²) in [5.41, 5.74) is -0.201. The van der Waals surface area contributed by atoms with Gasteiger partial charge in [-0.1, -0.05) is 13.8 Å². The van der Waals surface area contributed by atoms with Gasteiger partial charge in [0.2, 0.25) is 0 Å². The van der Waals surface area contributed by atoms with Crippen LogP contribution in [0.4, 0.5) is 0 Å². The highest BCUT2D eigenvalue weighted by Gasteiger charge is 2.53. The molecular weight excluding hydrogens is 246 g/mol. The molecule has 2 rings (SSSR count). The topological polar surface area (TPSA) is 41.5 Å². The monoisotopic (exact) mass is 273 g/mol. The van der Waals surface area contributed by atoms with Crippen LogP contribution in [0.2, 0.25) is 0 Å². The van der Waals surface area contributed by atoms with Crippen LogP contribution in [0.3, 0.4) is 0 Å². The first-order valence-electron chi connectivity index (χ1n) is 7.16. The second-order valence-corrected chi connectivity index (χ2v) is 6.97. The molecule has 0 bridgehead atoms. The van der Waals surface area contributed by atoms with Crippen LogP contribution in [-0.4, -0.2) is 48.0 Å². The Morgan fingerprint density at radius 1 is 1.39 bits per heavy atom. The highest BCUT2D eigenvalue weighted by Crippen LogP contribution is 2.48. The highest BCUT2D eigenvalue weighted by atomic mass is 32.2. The van der Waals surface area contributed by atoms with E-state index in [-0.39, 0.29) is 5.41 Å². The summed E-state index contributed by atoms with van der Waals surface area (Å²) in [6.45, 7) is 5.25. The second-order valence-electron chi connectivity index (χ2n) is 5.86. The highest BCUT2D eigenvalue weighted by molar-refractivity contribution is 7.99. The van der Waals surface area contributed by atoms with Gasteiger partial charge in [-0.05, 0) is 31.4 Å². The lowest BCUT2D eigenvalue weighted by Gasteiger charge is -2.55. The van der Waals surface area contributed by atoms with Gasteiger partial charge in [0.1, 0.15) is 0 Å². The lowest BCUT2D eigenvalue weighted by atomic mass is 9.58. The summed E-state index contributed by atoms with van der Waals surface area (Å²) < 4.78 is 5.60. The zero-order valence-electron chi connectivity index (χ0n) is 11.9. The van der Waals surface area contributed by atoms with Crippen molar-refractivity contribution in [3.05, 3.63) is 0 Å². The standard InChI is InChI=1S/C14H27NO2S/c1-4-14(5-2)11(8-12(14)17-3)15-9-13(16)6-7-18-10-13/h11-12,15-16H,4-10H2,1-3H3/t11-,12-,13+/m1/s1. The maximum atomic E-state index is 10.4. The van der Waals surface area contributed by atoms with E-state index in [1.165, 1.54) is 0 Å². The summed E-state index contributed by atoms with van der Waals surface area (Å²) in [6, 6.07) is 0.507. The van der Waals surface area contributed by atoms with E-state index in [1.807, 2.05) is 18.9 Å². The quantitative estimate of drug-likeness (QED) is 0.777. The smallest absolute Gasteiger partial charge is 0.0869 e. The molecule has 18 heavy (non-hydrogen) atoms. The third-order valence-electron chi connectivity index (χ3n) is 5.15. The number of rotatable bonds is 6. The molecule has 4 heteroatoms. The van der Waals surface area contributed by atoms with E-state index in [1.54, 1.807) is 0 Å². The lowest BCUT2D eigenvalue weighted by Crippen LogP contribution is -2.64. The molecule has 0 spiro atoms. The van der Waals surface area contributed by atoms with Gasteiger partial charge >= 0.3 is 0 Å². The van der Waals surface area contributed by atoms with E-state index in [0.29, 0.717) is 12.1 Å². The largest absolute Gasteiger partial charge is 0.388 e. The van der Waals surface area contributed by atoms with Crippen molar-refractivity contribution in [2.24, 2.45) is 5.41 Å². The second kappa shape index (κ2) is 5.70. The maximum Gasteiger partial charge on any atom is 0.0869 e. The molecule has 1 aliphatic carbocycles. The molecule has 3 atom stereocenters. The zero-order chi connectivity index (χ0) is 13.2. The molecular formula is C14H27NO2S. The number of methoxy groups -OCH3 is 1. The minimum Gasteiger partial charge on any atom is -0.388 e. The fraction of sp³-hybridized carbons (Fsp3) is 1.00. The molecule has 0 amide bonds. The van der Waals surface area contributed by atoms with Gasteiger partial charge < -0.3 is 15.2 Å². The van der Waals surface area contributed by atoms with Crippen molar-refractivity contribution >= 4 is 11.8 Å². The summed E-state index contributed by atoms with van der Waals surface area (Å²) in [4.78, 5) is 0. The lowest BCUT2D eigenvalue weighted by molar-refractivity contribution is -0.127. The fourth-order valence-electron chi connectivity index (χ4n) is 3.61. The van der Waals surface area contributed by atoms with Crippen molar-refractivity contribution in [3.63, 3.8) is 0 Å². The molecule has 106 valence electrons. The Balaban J connectivity index is 1.90. The first kappa shape index (κ1) is 14.6. The fourth-order valence-corrected chi connectivity index (χ4v) is 4.91. The van der Waals surface area contributed by atoms with Crippen molar-refractivity contribution in [3.8, 4) is 0 Å². The Morgan fingerprint density at radius 3 is 2.61 bits per heavy atom. The number of thioether (sulfide) groups is 1. The van der Waals surface area contributed by atoms with Crippen molar-refractivity contribution < 1.29 is 9.84 Å². The molecule has 0 aromatic carbocycles. The van der Waals surface area contributed by atoms with Gasteiger partial charge in [-0.3, -0.25) is 0 Å². The van der Waals surface area contributed by atoms with E-state index in [4.69, 9.17) is 4.74 Å². The van der Waals surface area contributed by atoms with Gasteiger partial charge in [0.15, 0.2) is 0 Å². The molecule has 1 saturated heterocycles. The van der Waals surface area contributed by atoms with Gasteiger partial charge in [-0.25, -0.2) is 0 Å². The van der Waals surface area contributed by atoms with Gasteiger partial charge in [0, 0.05) is 30.9 Å². The van der Waals surface area contributed by atoms with Gasteiger partial charge in [-0.15, -0.1) is 0 Å². The Bertz CT molecular complexity index is 275. The molecule has 1 heterocycles. The third-order valence-corrected chi connectivity index (χ3v) is 6.38. The number of hydrogen-bond donors (Lipinski definition) is 2. The van der Waals surface area contributed by atoms with Crippen molar-refractivity contribution in [2.45, 2.75) is 57.3 Å². The van der Waals surface area contributed by atoms with Gasteiger partial charge in [0.25, 0.3) is 0 Å². The first-order valence-corrected chi connectivity index (χ1v) is 8.32. The maximum absolute atomic E-state index is 10.4. The Labute approximate surface area is 115 Å². The summed E-state index contributed by atoms with van der Waals surface area (Å²) in [5, 5.41) is 14.0. The minimum absolute atomic E-state index is 0.275. The molecule has 0 radical (unpaired) electrons. The van der Waals surface area contributed by atoms with Crippen LogP contribution in [0.15, 0.2) is 0 Å². The van der Waals surface area contributed by atoms with Crippen LogP contribution in [0, 0.1) is 5.41 Å². The Morgan fingerprint density at radius 2 is 2.11 bits per heavy atom. The average Bonchev–Trinajstić information content (AvgIpc) is 2.77. The molecule has 0 unspecified atom stereocenters. The van der Waals surface area contributed by atoms with Gasteiger partial charge in [-0.2, -0.15) is 11.8 Å². The number of ether oxygens (including phenoxy) is 1. The summed E-state index contributed by atoms with van der Waals surface area (Å²) in [6.07, 6.45) is 4.69. The van der Waals surface area contributed by atoms with Crippen molar-refractivity contribution in [1.29, 1.82) is 0 Å². The minimum atomic E-state index is -0.476. The van der Waals surface area contributed by atoms with Crippen LogP contribution in [0.5, 0.6) is 0 Å². The average molecular weight is 273 g/mol. The predicted molar refractivity (Wildman–Crippen MR) is 77.1 cm³/mol. The number of aliphatic hydroxyl groups is 1. The van der Waals surface area contributed by atoms with Crippen LogP contribution in [-0.2, 0) is 4.74 Å². The molecule has 2 fully saturated rings.